The van der Waals surface area contributed by atoms with E-state index in [0.29, 0.717) is 58.0 Å². The summed E-state index contributed by atoms with van der Waals surface area (Å²) in [6.07, 6.45) is 4.83. The van der Waals surface area contributed by atoms with Crippen LogP contribution in [-0.4, -0.2) is 208 Å². The third-order valence-corrected chi connectivity index (χ3v) is 17.4. The summed E-state index contributed by atoms with van der Waals surface area (Å²) in [5.41, 5.74) is 17.3. The highest BCUT2D eigenvalue weighted by molar-refractivity contribution is 6.00. The molecule has 2 aliphatic rings. The summed E-state index contributed by atoms with van der Waals surface area (Å²) in [5.74, 6) is -11.6. The van der Waals surface area contributed by atoms with Crippen LogP contribution in [0.2, 0.25) is 0 Å². The highest BCUT2D eigenvalue weighted by Gasteiger charge is 2.43. The van der Waals surface area contributed by atoms with Gasteiger partial charge in [0.25, 0.3) is 0 Å². The van der Waals surface area contributed by atoms with Crippen LogP contribution in [0.3, 0.4) is 0 Å². The molecule has 2 saturated heterocycles. The number of carbonyl (C=O) groups excluding carboxylic acids is 13. The van der Waals surface area contributed by atoms with Gasteiger partial charge in [0.15, 0.2) is 0 Å². The summed E-state index contributed by atoms with van der Waals surface area (Å²) in [6.45, 7) is 28.2. The third-order valence-electron chi connectivity index (χ3n) is 17.4. The minimum atomic E-state index is -1.23. The van der Waals surface area contributed by atoms with Crippen LogP contribution >= 0.6 is 0 Å². The number of carboxylic acid groups (broad SMARTS) is 1. The molecule has 31 nitrogen and oxygen atoms in total. The second kappa shape index (κ2) is 43.2. The van der Waals surface area contributed by atoms with Crippen molar-refractivity contribution in [2.24, 2.45) is 52.7 Å². The molecule has 0 bridgehead atoms. The highest BCUT2D eigenvalue weighted by Crippen LogP contribution is 2.23. The molecule has 0 aromatic carbocycles. The minimum absolute atomic E-state index is 0.110. The number of hydrogen-bond donors (Lipinski definition) is 15. The topological polar surface area (TPSA) is 476 Å². The van der Waals surface area contributed by atoms with Gasteiger partial charge in [0.2, 0.25) is 76.8 Å². The average Bonchev–Trinajstić information content (AvgIpc) is 1.78. The number of aliphatic carboxylic acids is 1. The lowest BCUT2D eigenvalue weighted by molar-refractivity contribution is -0.149. The normalized spacial score (nSPS) is 18.3. The number of nitrogens with two attached hydrogens (primary N) is 3. The molecular formula is C68H122N16O15. The van der Waals surface area contributed by atoms with Crippen molar-refractivity contribution in [1.82, 2.24) is 68.3 Å². The molecule has 0 unspecified atom stereocenters. The Labute approximate surface area is 585 Å². The molecule has 0 radical (unpaired) electrons. The molecule has 99 heavy (non-hydrogen) atoms. The molecule has 2 rings (SSSR count). The van der Waals surface area contributed by atoms with Gasteiger partial charge in [-0.3, -0.25) is 62.3 Å². The monoisotopic (exact) mass is 1400 g/mol. The van der Waals surface area contributed by atoms with Crippen LogP contribution in [0.1, 0.15) is 201 Å². The molecule has 13 amide bonds. The molecular weight excluding hydrogens is 1280 g/mol. The number of carboxylic acids is 1. The summed E-state index contributed by atoms with van der Waals surface area (Å²) in [4.78, 5) is 195. The Morgan fingerprint density at radius 2 is 0.697 bits per heavy atom. The van der Waals surface area contributed by atoms with Crippen LogP contribution in [0.4, 0.5) is 0 Å². The van der Waals surface area contributed by atoms with E-state index in [-0.39, 0.29) is 81.7 Å². The van der Waals surface area contributed by atoms with Crippen molar-refractivity contribution < 1.29 is 72.2 Å². The number of likely N-dealkylation sites (tertiary alicyclic amines) is 2. The molecule has 18 N–H and O–H groups in total. The Morgan fingerprint density at radius 3 is 1.12 bits per heavy atom. The van der Waals surface area contributed by atoms with Gasteiger partial charge in [-0.1, -0.05) is 89.5 Å². The molecule has 2 aliphatic heterocycles. The standard InChI is InChI=1S/C68H122N16O15/c1-35(2)31-47(60(90)74-42(14)56(86)75-44(16)66(96)84-30-22-26-52(84)68(98)99)77-61(91)48(32-36(3)4)78-65(95)54(40(11)12)82-63(93)51-25-21-29-83(51)67(97)50(34-38(7)8)80-62(92)49(33-37(5)6)79-64(94)53(39(9)10)81-57(87)43(15)72-55(85)41(13)73-59(89)46(24-18-20-28-70)76-58(88)45(71)23-17-19-27-69/h35-54H,17-34,69-71H2,1-16H3,(H,72,85)(H,73,89)(H,74,90)(H,75,86)(H,76,88)(H,77,91)(H,78,95)(H,79,94)(H,80,92)(H,81,87)(H,82,93)(H,98,99)/t41-,42-,43-,44-,45-,46-,47-,48-,49-,50-,51-,52-,53-,54-/m0/s1. The van der Waals surface area contributed by atoms with Crippen LogP contribution < -0.4 is 75.7 Å². The van der Waals surface area contributed by atoms with Gasteiger partial charge in [0, 0.05) is 13.1 Å². The number of nitrogens with zero attached hydrogens (tertiary/aromatic N) is 2. The molecule has 2 heterocycles. The van der Waals surface area contributed by atoms with Crippen LogP contribution in [0, 0.1) is 35.5 Å². The van der Waals surface area contributed by atoms with Crippen LogP contribution in [-0.2, 0) is 67.1 Å². The van der Waals surface area contributed by atoms with Crippen LogP contribution in [0.5, 0.6) is 0 Å². The largest absolute Gasteiger partial charge is 0.480 e. The van der Waals surface area contributed by atoms with E-state index in [1.54, 1.807) is 27.7 Å². The number of nitrogens with one attached hydrogen (secondary N) is 11. The molecule has 2 fully saturated rings. The summed E-state index contributed by atoms with van der Waals surface area (Å²) in [7, 11) is 0. The predicted molar refractivity (Wildman–Crippen MR) is 372 cm³/mol. The van der Waals surface area contributed by atoms with Gasteiger partial charge in [0.05, 0.1) is 6.04 Å². The van der Waals surface area contributed by atoms with E-state index < -0.39 is 179 Å². The van der Waals surface area contributed by atoms with E-state index in [1.165, 1.54) is 37.5 Å². The first-order valence-corrected chi connectivity index (χ1v) is 35.6. The first-order valence-electron chi connectivity index (χ1n) is 35.6. The number of rotatable bonds is 43. The third kappa shape index (κ3) is 29.7. The maximum atomic E-state index is 14.8. The van der Waals surface area contributed by atoms with Gasteiger partial charge in [0.1, 0.15) is 78.5 Å². The summed E-state index contributed by atoms with van der Waals surface area (Å²) in [5, 5.41) is 39.2. The zero-order chi connectivity index (χ0) is 75.3. The van der Waals surface area contributed by atoms with Crippen molar-refractivity contribution in [1.29, 1.82) is 0 Å². The van der Waals surface area contributed by atoms with E-state index in [9.17, 15) is 72.2 Å². The SMILES string of the molecule is CC(C)C[C@H](NC(=O)[C@H](CC(C)C)NC(=O)[C@@H](NC(=O)[C@@H]1CCCN1C(=O)[C@H](CC(C)C)NC(=O)[C@H](CC(C)C)NC(=O)[C@@H](NC(=O)[C@H](C)NC(=O)[C@H](C)NC(=O)[C@H](CCCCN)NC(=O)[C@@H](N)CCCCN)C(C)C)C(C)C)C(=O)N[C@@H](C)C(=O)N[C@@H](C)C(=O)N1CCC[C@H]1C(=O)O. The number of carbonyl (C=O) groups is 14. The van der Waals surface area contributed by atoms with Gasteiger partial charge in [-0.05, 0) is 160 Å². The molecule has 0 saturated carbocycles. The van der Waals surface area contributed by atoms with E-state index in [0.717, 1.165) is 0 Å². The lowest BCUT2D eigenvalue weighted by Crippen LogP contribution is -2.61. The van der Waals surface area contributed by atoms with E-state index in [4.69, 9.17) is 17.2 Å². The molecule has 0 aromatic rings. The van der Waals surface area contributed by atoms with Gasteiger partial charge in [-0.25, -0.2) is 4.79 Å². The van der Waals surface area contributed by atoms with Crippen molar-refractivity contribution >= 4 is 82.8 Å². The maximum absolute atomic E-state index is 14.8. The van der Waals surface area contributed by atoms with Crippen molar-refractivity contribution in [2.75, 3.05) is 26.2 Å². The fourth-order valence-corrected chi connectivity index (χ4v) is 11.7. The molecule has 0 aliphatic carbocycles. The van der Waals surface area contributed by atoms with Gasteiger partial charge in [-0.15, -0.1) is 0 Å². The first-order chi connectivity index (χ1) is 46.3. The number of amides is 13. The molecule has 31 heteroatoms. The molecule has 0 spiro atoms. The summed E-state index contributed by atoms with van der Waals surface area (Å²) >= 11 is 0. The summed E-state index contributed by atoms with van der Waals surface area (Å²) < 4.78 is 0. The van der Waals surface area contributed by atoms with Crippen LogP contribution in [0.25, 0.3) is 0 Å². The van der Waals surface area contributed by atoms with E-state index in [1.807, 2.05) is 55.4 Å². The highest BCUT2D eigenvalue weighted by atomic mass is 16.4. The first kappa shape index (κ1) is 87.5. The lowest BCUT2D eigenvalue weighted by Gasteiger charge is -2.32. The average molecular weight is 1400 g/mol. The Bertz CT molecular complexity index is 2730. The zero-order valence-electron chi connectivity index (χ0n) is 61.6. The van der Waals surface area contributed by atoms with Gasteiger partial charge < -0.3 is 90.6 Å². The lowest BCUT2D eigenvalue weighted by atomic mass is 9.97. The summed E-state index contributed by atoms with van der Waals surface area (Å²) in [6, 6.07) is -15.9. The van der Waals surface area contributed by atoms with Crippen molar-refractivity contribution in [3.05, 3.63) is 0 Å². The Hall–Kier alpha value is -7.54. The fourth-order valence-electron chi connectivity index (χ4n) is 11.7. The number of unbranched alkanes of at least 4 members (excludes halogenated alkanes) is 2. The number of hydrogen-bond acceptors (Lipinski definition) is 17. The predicted octanol–water partition coefficient (Wildman–Crippen LogP) is -0.453. The smallest absolute Gasteiger partial charge is 0.326 e. The van der Waals surface area contributed by atoms with Gasteiger partial charge >= 0.3 is 5.97 Å². The van der Waals surface area contributed by atoms with Crippen molar-refractivity contribution in [2.45, 2.75) is 285 Å². The Morgan fingerprint density at radius 1 is 0.364 bits per heavy atom. The van der Waals surface area contributed by atoms with Crippen molar-refractivity contribution in [3.8, 4) is 0 Å². The molecule has 14 atom stereocenters. The Balaban J connectivity index is 2.25. The Kier molecular flexibility index (Phi) is 38.2. The zero-order valence-corrected chi connectivity index (χ0v) is 61.6. The second-order valence-corrected chi connectivity index (χ2v) is 29.1. The van der Waals surface area contributed by atoms with Crippen molar-refractivity contribution in [3.63, 3.8) is 0 Å². The van der Waals surface area contributed by atoms with Crippen LogP contribution in [0.15, 0.2) is 0 Å². The van der Waals surface area contributed by atoms with Gasteiger partial charge in [-0.2, -0.15) is 0 Å². The molecule has 0 aromatic heterocycles. The minimum Gasteiger partial charge on any atom is -0.480 e. The maximum Gasteiger partial charge on any atom is 0.326 e. The molecule has 564 valence electrons. The second-order valence-electron chi connectivity index (χ2n) is 29.1. The quantitative estimate of drug-likeness (QED) is 0.0344. The van der Waals surface area contributed by atoms with E-state index >= 15 is 0 Å². The van der Waals surface area contributed by atoms with E-state index in [2.05, 4.69) is 58.5 Å². The fraction of sp³-hybridized carbons (Fsp3) is 0.794.